The smallest absolute Gasteiger partial charge is 0.250 e. The predicted molar refractivity (Wildman–Crippen MR) is 138 cm³/mol. The van der Waals surface area contributed by atoms with E-state index >= 15 is 0 Å². The second kappa shape index (κ2) is 11.3. The number of amides is 1. The largest absolute Gasteiger partial charge is 0.497 e. The minimum absolute atomic E-state index is 0.127. The molecule has 0 atom stereocenters. The minimum Gasteiger partial charge on any atom is -0.497 e. The Bertz CT molecular complexity index is 1300. The van der Waals surface area contributed by atoms with Crippen LogP contribution in [0.5, 0.6) is 11.5 Å². The molecule has 4 aromatic rings. The second-order valence-electron chi connectivity index (χ2n) is 7.56. The summed E-state index contributed by atoms with van der Waals surface area (Å²) in [5, 5.41) is 13.4. The van der Waals surface area contributed by atoms with Gasteiger partial charge in [-0.1, -0.05) is 41.6 Å². The second-order valence-corrected chi connectivity index (χ2v) is 8.50. The Morgan fingerprint density at radius 2 is 1.57 bits per heavy atom. The number of aryl methyl sites for hydroxylation is 1. The van der Waals surface area contributed by atoms with Crippen molar-refractivity contribution in [3.05, 3.63) is 83.9 Å². The van der Waals surface area contributed by atoms with E-state index in [1.807, 2.05) is 84.3 Å². The Kier molecular flexibility index (Phi) is 7.79. The number of nitrogens with zero attached hydrogens (tertiary/aromatic N) is 4. The SMILES string of the molecule is COc1ccc(C=NNC(=O)CSc2nnc(-c3ccc(C)cc3)n2-c2ccc(OC)cc2)cc1. The molecule has 0 saturated carbocycles. The van der Waals surface area contributed by atoms with Crippen molar-refractivity contribution >= 4 is 23.9 Å². The molecule has 4 rings (SSSR count). The highest BCUT2D eigenvalue weighted by atomic mass is 32.2. The van der Waals surface area contributed by atoms with Crippen LogP contribution in [0.25, 0.3) is 17.1 Å². The number of hydrogen-bond acceptors (Lipinski definition) is 7. The first kappa shape index (κ1) is 24.0. The number of carbonyl (C=O) groups excluding carboxylic acids is 1. The molecule has 0 saturated heterocycles. The molecule has 0 spiro atoms. The third kappa shape index (κ3) is 6.07. The summed E-state index contributed by atoms with van der Waals surface area (Å²) >= 11 is 1.29. The van der Waals surface area contributed by atoms with Gasteiger partial charge in [-0.15, -0.1) is 10.2 Å². The van der Waals surface area contributed by atoms with Crippen LogP contribution >= 0.6 is 11.8 Å². The Balaban J connectivity index is 1.49. The molecule has 178 valence electrons. The van der Waals surface area contributed by atoms with E-state index in [-0.39, 0.29) is 11.7 Å². The molecule has 0 aliphatic carbocycles. The van der Waals surface area contributed by atoms with Crippen molar-refractivity contribution in [3.8, 4) is 28.6 Å². The molecule has 0 fully saturated rings. The van der Waals surface area contributed by atoms with E-state index in [0.717, 1.165) is 33.9 Å². The van der Waals surface area contributed by atoms with Crippen LogP contribution in [0.4, 0.5) is 0 Å². The normalized spacial score (nSPS) is 10.9. The number of aromatic nitrogens is 3. The first-order valence-corrected chi connectivity index (χ1v) is 11.8. The lowest BCUT2D eigenvalue weighted by molar-refractivity contribution is -0.118. The summed E-state index contributed by atoms with van der Waals surface area (Å²) in [7, 11) is 3.24. The quantitative estimate of drug-likeness (QED) is 0.212. The molecule has 8 nitrogen and oxygen atoms in total. The van der Waals surface area contributed by atoms with Crippen molar-refractivity contribution < 1.29 is 14.3 Å². The molecular formula is C26H25N5O3S. The molecular weight excluding hydrogens is 462 g/mol. The first-order chi connectivity index (χ1) is 17.1. The number of methoxy groups -OCH3 is 2. The van der Waals surface area contributed by atoms with Crippen molar-refractivity contribution in [1.82, 2.24) is 20.2 Å². The molecule has 0 aliphatic heterocycles. The van der Waals surface area contributed by atoms with Crippen molar-refractivity contribution in [2.24, 2.45) is 5.10 Å². The highest BCUT2D eigenvalue weighted by Gasteiger charge is 2.17. The lowest BCUT2D eigenvalue weighted by atomic mass is 10.1. The van der Waals surface area contributed by atoms with Gasteiger partial charge in [-0.25, -0.2) is 5.43 Å². The first-order valence-electron chi connectivity index (χ1n) is 10.8. The van der Waals surface area contributed by atoms with Crippen molar-refractivity contribution in [3.63, 3.8) is 0 Å². The van der Waals surface area contributed by atoms with Gasteiger partial charge in [0.2, 0.25) is 0 Å². The summed E-state index contributed by atoms with van der Waals surface area (Å²) in [4.78, 5) is 12.4. The maximum absolute atomic E-state index is 12.4. The van der Waals surface area contributed by atoms with Gasteiger partial charge in [0, 0.05) is 11.3 Å². The van der Waals surface area contributed by atoms with Crippen LogP contribution in [-0.2, 0) is 4.79 Å². The van der Waals surface area contributed by atoms with Gasteiger partial charge in [-0.05, 0) is 61.0 Å². The standard InChI is InChI=1S/C26H25N5O3S/c1-18-4-8-20(9-5-18)25-29-30-26(31(25)21-10-14-23(34-3)15-11-21)35-17-24(32)28-27-16-19-6-12-22(33-2)13-7-19/h4-16H,17H2,1-3H3,(H,28,32). The van der Waals surface area contributed by atoms with Crippen molar-refractivity contribution in [1.29, 1.82) is 0 Å². The van der Waals surface area contributed by atoms with Crippen molar-refractivity contribution in [2.45, 2.75) is 12.1 Å². The minimum atomic E-state index is -0.249. The predicted octanol–water partition coefficient (Wildman–Crippen LogP) is 4.50. The average molecular weight is 488 g/mol. The van der Waals surface area contributed by atoms with Gasteiger partial charge in [-0.3, -0.25) is 9.36 Å². The molecule has 9 heteroatoms. The van der Waals surface area contributed by atoms with Crippen LogP contribution in [0.15, 0.2) is 83.1 Å². The van der Waals surface area contributed by atoms with Gasteiger partial charge in [-0.2, -0.15) is 5.10 Å². The zero-order valence-corrected chi connectivity index (χ0v) is 20.5. The molecule has 1 heterocycles. The zero-order valence-electron chi connectivity index (χ0n) is 19.6. The van der Waals surface area contributed by atoms with E-state index in [9.17, 15) is 4.79 Å². The number of thioether (sulfide) groups is 1. The van der Waals surface area contributed by atoms with Crippen LogP contribution in [0, 0.1) is 6.92 Å². The lowest BCUT2D eigenvalue weighted by Crippen LogP contribution is -2.20. The number of nitrogens with one attached hydrogen (secondary N) is 1. The molecule has 0 bridgehead atoms. The van der Waals surface area contributed by atoms with E-state index in [4.69, 9.17) is 9.47 Å². The average Bonchev–Trinajstić information content (AvgIpc) is 3.32. The highest BCUT2D eigenvalue weighted by Crippen LogP contribution is 2.29. The van der Waals surface area contributed by atoms with Gasteiger partial charge in [0.15, 0.2) is 11.0 Å². The molecule has 1 amide bonds. The Hall–Kier alpha value is -4.11. The van der Waals surface area contributed by atoms with Crippen LogP contribution in [0.1, 0.15) is 11.1 Å². The van der Waals surface area contributed by atoms with Gasteiger partial charge >= 0.3 is 0 Å². The number of ether oxygens (including phenoxy) is 2. The van der Waals surface area contributed by atoms with Crippen LogP contribution < -0.4 is 14.9 Å². The van der Waals surface area contributed by atoms with E-state index in [0.29, 0.717) is 11.0 Å². The summed E-state index contributed by atoms with van der Waals surface area (Å²) in [5.41, 5.74) is 6.36. The third-order valence-electron chi connectivity index (χ3n) is 5.12. The van der Waals surface area contributed by atoms with Crippen LogP contribution in [0.3, 0.4) is 0 Å². The summed E-state index contributed by atoms with van der Waals surface area (Å²) in [5.74, 6) is 2.08. The highest BCUT2D eigenvalue weighted by molar-refractivity contribution is 7.99. The zero-order chi connectivity index (χ0) is 24.6. The number of hydrazone groups is 1. The van der Waals surface area contributed by atoms with E-state index in [1.54, 1.807) is 20.4 Å². The Morgan fingerprint density at radius 1 is 0.943 bits per heavy atom. The van der Waals surface area contributed by atoms with Crippen LogP contribution in [-0.4, -0.2) is 46.9 Å². The van der Waals surface area contributed by atoms with Gasteiger partial charge in [0.1, 0.15) is 11.5 Å². The topological polar surface area (TPSA) is 90.6 Å². The summed E-state index contributed by atoms with van der Waals surface area (Å²) in [6, 6.07) is 23.1. The molecule has 35 heavy (non-hydrogen) atoms. The fraction of sp³-hybridized carbons (Fsp3) is 0.154. The molecule has 0 aliphatic rings. The van der Waals surface area contributed by atoms with E-state index < -0.39 is 0 Å². The number of carbonyl (C=O) groups is 1. The van der Waals surface area contributed by atoms with Gasteiger partial charge in [0.05, 0.1) is 26.2 Å². The van der Waals surface area contributed by atoms with E-state index in [1.165, 1.54) is 11.8 Å². The van der Waals surface area contributed by atoms with E-state index in [2.05, 4.69) is 20.7 Å². The fourth-order valence-electron chi connectivity index (χ4n) is 3.25. The molecule has 3 aromatic carbocycles. The Labute approximate surface area is 208 Å². The molecule has 0 radical (unpaired) electrons. The van der Waals surface area contributed by atoms with Gasteiger partial charge in [0.25, 0.3) is 5.91 Å². The van der Waals surface area contributed by atoms with Gasteiger partial charge < -0.3 is 9.47 Å². The third-order valence-corrected chi connectivity index (χ3v) is 6.05. The summed E-state index contributed by atoms with van der Waals surface area (Å²) in [6.07, 6.45) is 1.58. The maximum Gasteiger partial charge on any atom is 0.250 e. The number of benzene rings is 3. The monoisotopic (exact) mass is 487 g/mol. The fourth-order valence-corrected chi connectivity index (χ4v) is 3.99. The maximum atomic E-state index is 12.4. The Morgan fingerprint density at radius 3 is 2.20 bits per heavy atom. The number of hydrogen-bond donors (Lipinski definition) is 1. The summed E-state index contributed by atoms with van der Waals surface area (Å²) < 4.78 is 12.4. The molecule has 0 unspecified atom stereocenters. The summed E-state index contributed by atoms with van der Waals surface area (Å²) in [6.45, 7) is 2.04. The number of rotatable bonds is 9. The molecule has 1 aromatic heterocycles. The van der Waals surface area contributed by atoms with Crippen molar-refractivity contribution in [2.75, 3.05) is 20.0 Å². The lowest BCUT2D eigenvalue weighted by Gasteiger charge is -2.11. The van der Waals surface area contributed by atoms with Crippen LogP contribution in [0.2, 0.25) is 0 Å². The molecule has 1 N–H and O–H groups in total.